The molecule has 140 valence electrons. The van der Waals surface area contributed by atoms with E-state index >= 15 is 0 Å². The van der Waals surface area contributed by atoms with E-state index in [0.717, 1.165) is 16.2 Å². The monoisotopic (exact) mass is 379 g/mol. The number of fused-ring (bicyclic) bond motifs is 3. The Bertz CT molecular complexity index is 1320. The van der Waals surface area contributed by atoms with Crippen LogP contribution in [0.3, 0.4) is 0 Å². The minimum Gasteiger partial charge on any atom is -0.455 e. The van der Waals surface area contributed by atoms with Crippen molar-refractivity contribution in [3.63, 3.8) is 0 Å². The largest absolute Gasteiger partial charge is 0.455 e. The van der Waals surface area contributed by atoms with Gasteiger partial charge in [0.05, 0.1) is 5.69 Å². The fraction of sp³-hybridized carbons (Fsp3) is 0. The second kappa shape index (κ2) is 7.17. The van der Waals surface area contributed by atoms with Gasteiger partial charge in [0.15, 0.2) is 11.5 Å². The van der Waals surface area contributed by atoms with Gasteiger partial charge >= 0.3 is 0 Å². The predicted octanol–water partition coefficient (Wildman–Crippen LogP) is 6.63. The maximum atomic E-state index is 12.9. The minimum absolute atomic E-state index is 0.255. The first kappa shape index (κ1) is 17.1. The van der Waals surface area contributed by atoms with Crippen LogP contribution in [0.1, 0.15) is 10.6 Å². The molecule has 1 amide bonds. The van der Waals surface area contributed by atoms with Crippen molar-refractivity contribution in [2.75, 3.05) is 5.32 Å². The van der Waals surface area contributed by atoms with Gasteiger partial charge in [-0.2, -0.15) is 0 Å². The van der Waals surface area contributed by atoms with E-state index in [1.54, 1.807) is 12.1 Å². The summed E-state index contributed by atoms with van der Waals surface area (Å²) in [6, 6.07) is 30.5. The Morgan fingerprint density at radius 2 is 1.52 bits per heavy atom. The third-order valence-electron chi connectivity index (χ3n) is 4.76. The Kier molecular flexibility index (Phi) is 4.22. The van der Waals surface area contributed by atoms with Gasteiger partial charge in [-0.05, 0) is 47.2 Å². The number of para-hydroxylation sites is 3. The Hall–Kier alpha value is -4.05. The quantitative estimate of drug-likeness (QED) is 0.381. The SMILES string of the molecule is O=C(Nc1ccccc1Oc1ccccc1)c1cc2c(ccc3ccccc32)o1. The molecule has 0 spiro atoms. The van der Waals surface area contributed by atoms with Crippen LogP contribution in [0.15, 0.2) is 101 Å². The van der Waals surface area contributed by atoms with Crippen LogP contribution >= 0.6 is 0 Å². The molecule has 0 aliphatic carbocycles. The Balaban J connectivity index is 1.46. The highest BCUT2D eigenvalue weighted by molar-refractivity contribution is 6.11. The smallest absolute Gasteiger partial charge is 0.291 e. The third-order valence-corrected chi connectivity index (χ3v) is 4.76. The number of carbonyl (C=O) groups excluding carboxylic acids is 1. The van der Waals surface area contributed by atoms with Gasteiger partial charge in [0.1, 0.15) is 11.3 Å². The molecule has 1 heterocycles. The zero-order valence-electron chi connectivity index (χ0n) is 15.5. The van der Waals surface area contributed by atoms with Crippen molar-refractivity contribution in [2.24, 2.45) is 0 Å². The molecule has 4 aromatic carbocycles. The number of ether oxygens (including phenoxy) is 1. The van der Waals surface area contributed by atoms with Crippen LogP contribution in [0, 0.1) is 0 Å². The molecule has 5 rings (SSSR count). The first-order valence-corrected chi connectivity index (χ1v) is 9.32. The van der Waals surface area contributed by atoms with Crippen LogP contribution in [0.25, 0.3) is 21.7 Å². The summed E-state index contributed by atoms with van der Waals surface area (Å²) in [5, 5.41) is 5.98. The van der Waals surface area contributed by atoms with Gasteiger partial charge < -0.3 is 14.5 Å². The van der Waals surface area contributed by atoms with Crippen molar-refractivity contribution >= 4 is 33.3 Å². The molecule has 0 bridgehead atoms. The molecule has 0 saturated carbocycles. The van der Waals surface area contributed by atoms with Crippen molar-refractivity contribution in [3.8, 4) is 11.5 Å². The molecule has 1 N–H and O–H groups in total. The third kappa shape index (κ3) is 3.32. The second-order valence-corrected chi connectivity index (χ2v) is 6.67. The van der Waals surface area contributed by atoms with Gasteiger partial charge in [-0.25, -0.2) is 0 Å². The van der Waals surface area contributed by atoms with Crippen LogP contribution < -0.4 is 10.1 Å². The average molecular weight is 379 g/mol. The van der Waals surface area contributed by atoms with E-state index in [9.17, 15) is 4.79 Å². The molecule has 1 aromatic heterocycles. The highest BCUT2D eigenvalue weighted by Crippen LogP contribution is 2.31. The Morgan fingerprint density at radius 3 is 2.41 bits per heavy atom. The van der Waals surface area contributed by atoms with E-state index in [0.29, 0.717) is 22.8 Å². The predicted molar refractivity (Wildman–Crippen MR) is 115 cm³/mol. The lowest BCUT2D eigenvalue weighted by Crippen LogP contribution is -2.11. The highest BCUT2D eigenvalue weighted by Gasteiger charge is 2.16. The van der Waals surface area contributed by atoms with Crippen LogP contribution in [-0.2, 0) is 0 Å². The average Bonchev–Trinajstić information content (AvgIpc) is 3.21. The lowest BCUT2D eigenvalue weighted by Gasteiger charge is -2.11. The summed E-state index contributed by atoms with van der Waals surface area (Å²) in [4.78, 5) is 12.9. The maximum Gasteiger partial charge on any atom is 0.291 e. The van der Waals surface area contributed by atoms with E-state index in [1.807, 2.05) is 84.9 Å². The van der Waals surface area contributed by atoms with E-state index < -0.39 is 0 Å². The number of benzene rings is 4. The number of furan rings is 1. The van der Waals surface area contributed by atoms with Gasteiger partial charge in [0, 0.05) is 5.39 Å². The molecular weight excluding hydrogens is 362 g/mol. The number of rotatable bonds is 4. The molecule has 29 heavy (non-hydrogen) atoms. The summed E-state index contributed by atoms with van der Waals surface area (Å²) >= 11 is 0. The number of anilines is 1. The van der Waals surface area contributed by atoms with Gasteiger partial charge in [-0.1, -0.05) is 60.7 Å². The van der Waals surface area contributed by atoms with Crippen molar-refractivity contribution in [2.45, 2.75) is 0 Å². The van der Waals surface area contributed by atoms with Gasteiger partial charge in [-0.3, -0.25) is 4.79 Å². The molecule has 0 fully saturated rings. The summed E-state index contributed by atoms with van der Waals surface area (Å²) in [5.74, 6) is 1.19. The fourth-order valence-electron chi connectivity index (χ4n) is 3.36. The molecule has 0 saturated heterocycles. The molecule has 0 atom stereocenters. The summed E-state index contributed by atoms with van der Waals surface area (Å²) in [6.07, 6.45) is 0. The van der Waals surface area contributed by atoms with Gasteiger partial charge in [0.2, 0.25) is 0 Å². The molecule has 4 heteroatoms. The molecular formula is C25H17NO3. The molecule has 0 aliphatic heterocycles. The van der Waals surface area contributed by atoms with Gasteiger partial charge in [0.25, 0.3) is 5.91 Å². The van der Waals surface area contributed by atoms with Crippen molar-refractivity contribution in [1.82, 2.24) is 0 Å². The van der Waals surface area contributed by atoms with E-state index in [2.05, 4.69) is 5.32 Å². The molecule has 0 unspecified atom stereocenters. The van der Waals surface area contributed by atoms with Gasteiger partial charge in [-0.15, -0.1) is 0 Å². The van der Waals surface area contributed by atoms with Crippen molar-refractivity contribution in [3.05, 3.63) is 103 Å². The molecule has 4 nitrogen and oxygen atoms in total. The number of hydrogen-bond donors (Lipinski definition) is 1. The van der Waals surface area contributed by atoms with Crippen LogP contribution in [0.2, 0.25) is 0 Å². The van der Waals surface area contributed by atoms with Crippen LogP contribution in [-0.4, -0.2) is 5.91 Å². The first-order chi connectivity index (χ1) is 14.3. The van der Waals surface area contributed by atoms with E-state index in [1.165, 1.54) is 0 Å². The summed E-state index contributed by atoms with van der Waals surface area (Å²) < 4.78 is 11.7. The van der Waals surface area contributed by atoms with Crippen molar-refractivity contribution < 1.29 is 13.9 Å². The summed E-state index contributed by atoms with van der Waals surface area (Å²) in [6.45, 7) is 0. The molecule has 0 radical (unpaired) electrons. The fourth-order valence-corrected chi connectivity index (χ4v) is 3.36. The zero-order chi connectivity index (χ0) is 19.6. The lowest BCUT2D eigenvalue weighted by atomic mass is 10.1. The van der Waals surface area contributed by atoms with Crippen LogP contribution in [0.4, 0.5) is 5.69 Å². The Morgan fingerprint density at radius 1 is 0.759 bits per heavy atom. The lowest BCUT2D eigenvalue weighted by molar-refractivity contribution is 0.0998. The highest BCUT2D eigenvalue weighted by atomic mass is 16.5. The Labute approximate surface area is 167 Å². The number of nitrogens with one attached hydrogen (secondary N) is 1. The number of hydrogen-bond acceptors (Lipinski definition) is 3. The second-order valence-electron chi connectivity index (χ2n) is 6.67. The normalized spacial score (nSPS) is 10.9. The topological polar surface area (TPSA) is 51.5 Å². The van der Waals surface area contributed by atoms with Crippen LogP contribution in [0.5, 0.6) is 11.5 Å². The minimum atomic E-state index is -0.325. The maximum absolute atomic E-state index is 12.9. The first-order valence-electron chi connectivity index (χ1n) is 9.32. The molecule has 5 aromatic rings. The standard InChI is InChI=1S/C25H17NO3/c27-25(24-16-20-19-11-5-4-8-17(19)14-15-22(20)29-24)26-21-12-6-7-13-23(21)28-18-9-2-1-3-10-18/h1-16H,(H,26,27). The summed E-state index contributed by atoms with van der Waals surface area (Å²) in [7, 11) is 0. The zero-order valence-corrected chi connectivity index (χ0v) is 15.5. The van der Waals surface area contributed by atoms with Crippen molar-refractivity contribution in [1.29, 1.82) is 0 Å². The number of carbonyl (C=O) groups is 1. The number of amides is 1. The molecule has 0 aliphatic rings. The summed E-state index contributed by atoms with van der Waals surface area (Å²) in [5.41, 5.74) is 1.26. The van der Waals surface area contributed by atoms with E-state index in [-0.39, 0.29) is 11.7 Å². The van der Waals surface area contributed by atoms with E-state index in [4.69, 9.17) is 9.15 Å².